The van der Waals surface area contributed by atoms with Gasteiger partial charge in [-0.25, -0.2) is 9.78 Å². The number of carbonyl (C=O) groups is 1. The molecule has 1 aliphatic rings. The Morgan fingerprint density at radius 2 is 2.11 bits per heavy atom. The molecule has 0 bridgehead atoms. The second-order valence-corrected chi connectivity index (χ2v) is 4.52. The highest BCUT2D eigenvalue weighted by atomic mass is 17.2. The molecule has 0 N–H and O–H groups in total. The highest BCUT2D eigenvalue weighted by molar-refractivity contribution is 5.70. The van der Waals surface area contributed by atoms with Crippen LogP contribution >= 0.6 is 0 Å². The van der Waals surface area contributed by atoms with Crippen molar-refractivity contribution in [3.05, 3.63) is 48.6 Å². The molecule has 1 aromatic carbocycles. The molecule has 0 aliphatic carbocycles. The van der Waals surface area contributed by atoms with E-state index in [-0.39, 0.29) is 24.6 Å². The van der Waals surface area contributed by atoms with Crippen LogP contribution in [-0.2, 0) is 25.9 Å². The lowest BCUT2D eigenvalue weighted by atomic mass is 10.1. The molecular formula is C15H18O4. The van der Waals surface area contributed by atoms with E-state index in [1.54, 1.807) is 6.08 Å². The molecule has 1 heterocycles. The number of esters is 1. The lowest BCUT2D eigenvalue weighted by molar-refractivity contribution is -0.363. The van der Waals surface area contributed by atoms with Crippen LogP contribution in [0.4, 0.5) is 0 Å². The molecule has 102 valence electrons. The van der Waals surface area contributed by atoms with Gasteiger partial charge >= 0.3 is 5.97 Å². The van der Waals surface area contributed by atoms with Gasteiger partial charge in [-0.1, -0.05) is 36.4 Å². The summed E-state index contributed by atoms with van der Waals surface area (Å²) >= 11 is 0. The van der Waals surface area contributed by atoms with Gasteiger partial charge in [-0.3, -0.25) is 4.79 Å². The number of rotatable bonds is 5. The van der Waals surface area contributed by atoms with Gasteiger partial charge in [0.25, 0.3) is 0 Å². The van der Waals surface area contributed by atoms with Crippen LogP contribution in [0.5, 0.6) is 0 Å². The van der Waals surface area contributed by atoms with Gasteiger partial charge in [0, 0.05) is 0 Å². The van der Waals surface area contributed by atoms with Crippen LogP contribution < -0.4 is 0 Å². The van der Waals surface area contributed by atoms with E-state index < -0.39 is 0 Å². The fraction of sp³-hybridized carbons (Fsp3) is 0.400. The quantitative estimate of drug-likeness (QED) is 0.465. The summed E-state index contributed by atoms with van der Waals surface area (Å²) in [6.07, 6.45) is 3.22. The van der Waals surface area contributed by atoms with Crippen LogP contribution in [0.15, 0.2) is 43.0 Å². The molecule has 2 rings (SSSR count). The van der Waals surface area contributed by atoms with E-state index in [4.69, 9.17) is 14.5 Å². The minimum atomic E-state index is -0.269. The van der Waals surface area contributed by atoms with Crippen LogP contribution in [0.1, 0.15) is 24.8 Å². The van der Waals surface area contributed by atoms with Crippen molar-refractivity contribution < 1.29 is 19.3 Å². The van der Waals surface area contributed by atoms with E-state index in [0.29, 0.717) is 6.61 Å². The maximum Gasteiger partial charge on any atom is 0.308 e. The minimum Gasteiger partial charge on any atom is -0.461 e. The molecule has 1 aliphatic heterocycles. The molecule has 0 amide bonds. The highest BCUT2D eigenvalue weighted by Crippen LogP contribution is 2.20. The Bertz CT molecular complexity index is 407. The standard InChI is InChI=1S/C15H18O4/c1-2-13-8-9-14(19-18-13)10-15(16)17-11-12-6-4-3-5-7-12/h2-7,13-14H,1,8-11H2/t13-,14+/m1/s1. The molecule has 2 atom stereocenters. The number of hydrogen-bond donors (Lipinski definition) is 0. The van der Waals surface area contributed by atoms with Gasteiger partial charge in [-0.2, -0.15) is 0 Å². The Kier molecular flexibility index (Phi) is 5.12. The van der Waals surface area contributed by atoms with Gasteiger partial charge in [-0.15, -0.1) is 6.58 Å². The lowest BCUT2D eigenvalue weighted by Crippen LogP contribution is -2.28. The second kappa shape index (κ2) is 7.07. The minimum absolute atomic E-state index is 0.0726. The molecule has 0 unspecified atom stereocenters. The Morgan fingerprint density at radius 3 is 2.74 bits per heavy atom. The van der Waals surface area contributed by atoms with Crippen LogP contribution in [0.2, 0.25) is 0 Å². The zero-order valence-electron chi connectivity index (χ0n) is 10.8. The Balaban J connectivity index is 1.69. The predicted octanol–water partition coefficient (Wildman–Crippen LogP) is 2.79. The largest absolute Gasteiger partial charge is 0.461 e. The van der Waals surface area contributed by atoms with Crippen molar-refractivity contribution in [2.45, 2.75) is 38.1 Å². The summed E-state index contributed by atoms with van der Waals surface area (Å²) in [6, 6.07) is 9.59. The van der Waals surface area contributed by atoms with Gasteiger partial charge in [0.1, 0.15) is 18.8 Å². The average molecular weight is 262 g/mol. The summed E-state index contributed by atoms with van der Waals surface area (Å²) in [5.41, 5.74) is 0.975. The van der Waals surface area contributed by atoms with Crippen LogP contribution in [0.3, 0.4) is 0 Å². The van der Waals surface area contributed by atoms with Gasteiger partial charge in [0.15, 0.2) is 0 Å². The molecule has 0 radical (unpaired) electrons. The molecule has 4 nitrogen and oxygen atoms in total. The van der Waals surface area contributed by atoms with Crippen molar-refractivity contribution in [2.24, 2.45) is 0 Å². The lowest BCUT2D eigenvalue weighted by Gasteiger charge is -2.25. The van der Waals surface area contributed by atoms with E-state index in [2.05, 4.69) is 6.58 Å². The third-order valence-corrected chi connectivity index (χ3v) is 2.99. The summed E-state index contributed by atoms with van der Waals surface area (Å²) in [7, 11) is 0. The molecule has 0 aromatic heterocycles. The molecule has 0 spiro atoms. The van der Waals surface area contributed by atoms with Gasteiger partial charge < -0.3 is 4.74 Å². The Labute approximate surface area is 112 Å². The highest BCUT2D eigenvalue weighted by Gasteiger charge is 2.24. The van der Waals surface area contributed by atoms with Crippen molar-refractivity contribution in [2.75, 3.05) is 0 Å². The number of carbonyl (C=O) groups excluding carboxylic acids is 1. The van der Waals surface area contributed by atoms with E-state index in [1.165, 1.54) is 0 Å². The first-order valence-corrected chi connectivity index (χ1v) is 6.42. The van der Waals surface area contributed by atoms with Crippen LogP contribution in [-0.4, -0.2) is 18.2 Å². The second-order valence-electron chi connectivity index (χ2n) is 4.52. The SMILES string of the molecule is C=C[C@@H]1CC[C@@H](CC(=O)OCc2ccccc2)OO1. The summed E-state index contributed by atoms with van der Waals surface area (Å²) in [5.74, 6) is -0.269. The van der Waals surface area contributed by atoms with Gasteiger partial charge in [0.2, 0.25) is 0 Å². The van der Waals surface area contributed by atoms with E-state index in [0.717, 1.165) is 18.4 Å². The van der Waals surface area contributed by atoms with E-state index in [1.807, 2.05) is 30.3 Å². The monoisotopic (exact) mass is 262 g/mol. The first-order valence-electron chi connectivity index (χ1n) is 6.42. The fourth-order valence-corrected chi connectivity index (χ4v) is 1.87. The van der Waals surface area contributed by atoms with Crippen LogP contribution in [0.25, 0.3) is 0 Å². The molecular weight excluding hydrogens is 244 g/mol. The van der Waals surface area contributed by atoms with E-state index >= 15 is 0 Å². The molecule has 0 saturated carbocycles. The summed E-state index contributed by atoms with van der Waals surface area (Å²) in [5, 5.41) is 0. The van der Waals surface area contributed by atoms with Crippen molar-refractivity contribution in [1.29, 1.82) is 0 Å². The van der Waals surface area contributed by atoms with Crippen LogP contribution in [0, 0.1) is 0 Å². The third-order valence-electron chi connectivity index (χ3n) is 2.99. The smallest absolute Gasteiger partial charge is 0.308 e. The predicted molar refractivity (Wildman–Crippen MR) is 70.0 cm³/mol. The van der Waals surface area contributed by atoms with Crippen molar-refractivity contribution in [3.8, 4) is 0 Å². The zero-order chi connectivity index (χ0) is 13.5. The van der Waals surface area contributed by atoms with Gasteiger partial charge in [-0.05, 0) is 18.4 Å². The van der Waals surface area contributed by atoms with Crippen molar-refractivity contribution in [1.82, 2.24) is 0 Å². The maximum atomic E-state index is 11.7. The topological polar surface area (TPSA) is 44.8 Å². The molecule has 1 fully saturated rings. The Morgan fingerprint density at radius 1 is 1.32 bits per heavy atom. The first kappa shape index (κ1) is 13.8. The molecule has 4 heteroatoms. The number of ether oxygens (including phenoxy) is 1. The summed E-state index contributed by atoms with van der Waals surface area (Å²) in [6.45, 7) is 3.93. The first-order chi connectivity index (χ1) is 9.28. The molecule has 19 heavy (non-hydrogen) atoms. The molecule has 1 saturated heterocycles. The maximum absolute atomic E-state index is 11.7. The summed E-state index contributed by atoms with van der Waals surface area (Å²) in [4.78, 5) is 21.9. The average Bonchev–Trinajstić information content (AvgIpc) is 2.47. The van der Waals surface area contributed by atoms with E-state index in [9.17, 15) is 4.79 Å². The molecule has 1 aromatic rings. The third kappa shape index (κ3) is 4.50. The Hall–Kier alpha value is -1.65. The normalized spacial score (nSPS) is 22.7. The zero-order valence-corrected chi connectivity index (χ0v) is 10.8. The number of benzene rings is 1. The summed E-state index contributed by atoms with van der Waals surface area (Å²) < 4.78 is 5.19. The van der Waals surface area contributed by atoms with Crippen molar-refractivity contribution >= 4 is 5.97 Å². The van der Waals surface area contributed by atoms with Crippen molar-refractivity contribution in [3.63, 3.8) is 0 Å². The fourth-order valence-electron chi connectivity index (χ4n) is 1.87. The van der Waals surface area contributed by atoms with Gasteiger partial charge in [0.05, 0.1) is 6.42 Å². The number of hydrogen-bond acceptors (Lipinski definition) is 4.